The molecule has 1 N–H and O–H groups in total. The van der Waals surface area contributed by atoms with Crippen molar-refractivity contribution >= 4 is 34.8 Å². The zero-order valence-electron chi connectivity index (χ0n) is 14.3. The average molecular weight is 404 g/mol. The first-order valence-corrected chi connectivity index (χ1v) is 8.68. The third-order valence-electron chi connectivity index (χ3n) is 3.78. The van der Waals surface area contributed by atoms with Crippen molar-refractivity contribution in [3.63, 3.8) is 0 Å². The van der Waals surface area contributed by atoms with Gasteiger partial charge in [-0.05, 0) is 30.3 Å². The topological polar surface area (TPSA) is 73.2 Å². The SMILES string of the molecule is COc1ccccc1-c1cc(=O)n(CC(=O)Nc2ccc(Cl)c(Cl)c2)cn1. The van der Waals surface area contributed by atoms with Crippen LogP contribution in [0.1, 0.15) is 0 Å². The Kier molecular flexibility index (Phi) is 5.78. The quantitative estimate of drug-likeness (QED) is 0.701. The molecular weight excluding hydrogens is 389 g/mol. The molecule has 0 bridgehead atoms. The summed E-state index contributed by atoms with van der Waals surface area (Å²) in [4.78, 5) is 28.8. The average Bonchev–Trinajstić information content (AvgIpc) is 2.66. The minimum absolute atomic E-state index is 0.182. The highest BCUT2D eigenvalue weighted by Gasteiger charge is 2.11. The summed E-state index contributed by atoms with van der Waals surface area (Å²) in [7, 11) is 1.55. The van der Waals surface area contributed by atoms with Crippen molar-refractivity contribution in [3.8, 4) is 17.0 Å². The van der Waals surface area contributed by atoms with E-state index in [1.165, 1.54) is 23.0 Å². The molecule has 0 saturated heterocycles. The summed E-state index contributed by atoms with van der Waals surface area (Å²) in [6, 6.07) is 13.4. The molecule has 0 spiro atoms. The Morgan fingerprint density at radius 3 is 2.63 bits per heavy atom. The van der Waals surface area contributed by atoms with Gasteiger partial charge in [-0.3, -0.25) is 14.2 Å². The summed E-state index contributed by atoms with van der Waals surface area (Å²) in [5, 5.41) is 3.38. The minimum atomic E-state index is -0.387. The van der Waals surface area contributed by atoms with Crippen LogP contribution in [0.4, 0.5) is 5.69 Å². The molecular formula is C19H15Cl2N3O3. The number of methoxy groups -OCH3 is 1. The van der Waals surface area contributed by atoms with Crippen LogP contribution in [-0.4, -0.2) is 22.6 Å². The first-order chi connectivity index (χ1) is 13.0. The summed E-state index contributed by atoms with van der Waals surface area (Å²) in [5.41, 5.74) is 1.30. The fourth-order valence-electron chi connectivity index (χ4n) is 2.48. The lowest BCUT2D eigenvalue weighted by molar-refractivity contribution is -0.116. The molecule has 1 aromatic heterocycles. The van der Waals surface area contributed by atoms with Gasteiger partial charge in [0.25, 0.3) is 5.56 Å². The van der Waals surface area contributed by atoms with E-state index in [2.05, 4.69) is 10.3 Å². The monoisotopic (exact) mass is 403 g/mol. The van der Waals surface area contributed by atoms with Crippen molar-refractivity contribution in [2.75, 3.05) is 12.4 Å². The van der Waals surface area contributed by atoms with Crippen molar-refractivity contribution in [1.29, 1.82) is 0 Å². The van der Waals surface area contributed by atoms with Crippen LogP contribution in [0.2, 0.25) is 10.0 Å². The Bertz CT molecular complexity index is 1050. The Balaban J connectivity index is 1.77. The Morgan fingerprint density at radius 1 is 1.15 bits per heavy atom. The van der Waals surface area contributed by atoms with Crippen LogP contribution in [0.3, 0.4) is 0 Å². The number of para-hydroxylation sites is 1. The highest BCUT2D eigenvalue weighted by Crippen LogP contribution is 2.27. The van der Waals surface area contributed by atoms with Gasteiger partial charge in [0.1, 0.15) is 12.3 Å². The van der Waals surface area contributed by atoms with Crippen LogP contribution >= 0.6 is 23.2 Å². The summed E-state index contributed by atoms with van der Waals surface area (Å²) in [5.74, 6) is 0.224. The van der Waals surface area contributed by atoms with Crippen LogP contribution in [0.25, 0.3) is 11.3 Å². The molecule has 3 aromatic rings. The standard InChI is InChI=1S/C19H15Cl2N3O3/c1-27-17-5-3-2-4-13(17)16-9-19(26)24(11-22-16)10-18(25)23-12-6-7-14(20)15(21)8-12/h2-9,11H,10H2,1H3,(H,23,25). The van der Waals surface area contributed by atoms with Crippen LogP contribution < -0.4 is 15.6 Å². The molecule has 0 saturated carbocycles. The number of rotatable bonds is 5. The van der Waals surface area contributed by atoms with Gasteiger partial charge in [0.15, 0.2) is 0 Å². The Hall–Kier alpha value is -2.83. The maximum absolute atomic E-state index is 12.4. The van der Waals surface area contributed by atoms with Crippen LogP contribution in [0, 0.1) is 0 Å². The number of benzene rings is 2. The number of hydrogen-bond donors (Lipinski definition) is 1. The summed E-state index contributed by atoms with van der Waals surface area (Å²) in [6.45, 7) is -0.182. The Labute approximate surface area is 165 Å². The van der Waals surface area contributed by atoms with Gasteiger partial charge in [0, 0.05) is 17.3 Å². The molecule has 0 aliphatic heterocycles. The lowest BCUT2D eigenvalue weighted by atomic mass is 10.1. The van der Waals surface area contributed by atoms with Crippen molar-refractivity contribution in [1.82, 2.24) is 9.55 Å². The van der Waals surface area contributed by atoms with E-state index < -0.39 is 0 Å². The molecule has 3 rings (SSSR count). The summed E-state index contributed by atoms with van der Waals surface area (Å²) in [6.07, 6.45) is 1.33. The van der Waals surface area contributed by atoms with E-state index >= 15 is 0 Å². The van der Waals surface area contributed by atoms with E-state index in [9.17, 15) is 9.59 Å². The third-order valence-corrected chi connectivity index (χ3v) is 4.52. The summed E-state index contributed by atoms with van der Waals surface area (Å²) >= 11 is 11.8. The molecule has 0 aliphatic rings. The molecule has 138 valence electrons. The van der Waals surface area contributed by atoms with Crippen molar-refractivity contribution in [3.05, 3.63) is 75.3 Å². The van der Waals surface area contributed by atoms with Gasteiger partial charge >= 0.3 is 0 Å². The smallest absolute Gasteiger partial charge is 0.254 e. The van der Waals surface area contributed by atoms with Gasteiger partial charge in [0.2, 0.25) is 5.91 Å². The number of nitrogens with one attached hydrogen (secondary N) is 1. The van der Waals surface area contributed by atoms with Gasteiger partial charge in [0.05, 0.1) is 29.2 Å². The number of carbonyl (C=O) groups is 1. The van der Waals surface area contributed by atoms with E-state index in [0.29, 0.717) is 32.7 Å². The predicted molar refractivity (Wildman–Crippen MR) is 106 cm³/mol. The number of carbonyl (C=O) groups excluding carboxylic acids is 1. The van der Waals surface area contributed by atoms with Crippen molar-refractivity contribution < 1.29 is 9.53 Å². The zero-order valence-corrected chi connectivity index (χ0v) is 15.8. The molecule has 1 heterocycles. The predicted octanol–water partition coefficient (Wildman–Crippen LogP) is 3.86. The van der Waals surface area contributed by atoms with E-state index in [4.69, 9.17) is 27.9 Å². The largest absolute Gasteiger partial charge is 0.496 e. The third kappa shape index (κ3) is 4.48. The highest BCUT2D eigenvalue weighted by molar-refractivity contribution is 6.42. The number of nitrogens with zero attached hydrogens (tertiary/aromatic N) is 2. The Morgan fingerprint density at radius 2 is 1.93 bits per heavy atom. The maximum atomic E-state index is 12.4. The molecule has 1 amide bonds. The van der Waals surface area contributed by atoms with Crippen LogP contribution in [0.15, 0.2) is 59.7 Å². The fourth-order valence-corrected chi connectivity index (χ4v) is 2.78. The van der Waals surface area contributed by atoms with E-state index in [0.717, 1.165) is 0 Å². The van der Waals surface area contributed by atoms with Gasteiger partial charge < -0.3 is 10.1 Å². The van der Waals surface area contributed by atoms with Gasteiger partial charge in [-0.2, -0.15) is 0 Å². The second kappa shape index (κ2) is 8.24. The van der Waals surface area contributed by atoms with Crippen LogP contribution in [0.5, 0.6) is 5.75 Å². The van der Waals surface area contributed by atoms with Crippen molar-refractivity contribution in [2.24, 2.45) is 0 Å². The zero-order chi connectivity index (χ0) is 19.4. The molecule has 0 atom stereocenters. The van der Waals surface area contributed by atoms with Gasteiger partial charge in [-0.1, -0.05) is 35.3 Å². The minimum Gasteiger partial charge on any atom is -0.496 e. The maximum Gasteiger partial charge on any atom is 0.254 e. The van der Waals surface area contributed by atoms with E-state index in [1.807, 2.05) is 18.2 Å². The fraction of sp³-hybridized carbons (Fsp3) is 0.105. The number of amides is 1. The lowest BCUT2D eigenvalue weighted by Gasteiger charge is -2.10. The molecule has 6 nitrogen and oxygen atoms in total. The molecule has 0 unspecified atom stereocenters. The number of aromatic nitrogens is 2. The van der Waals surface area contributed by atoms with E-state index in [-0.39, 0.29) is 18.0 Å². The molecule has 0 aliphatic carbocycles. The first kappa shape index (κ1) is 18.9. The number of anilines is 1. The van der Waals surface area contributed by atoms with Gasteiger partial charge in [-0.25, -0.2) is 4.98 Å². The molecule has 2 aromatic carbocycles. The second-order valence-corrected chi connectivity index (χ2v) is 6.43. The first-order valence-electron chi connectivity index (χ1n) is 7.92. The van der Waals surface area contributed by atoms with Crippen LogP contribution in [-0.2, 0) is 11.3 Å². The number of ether oxygens (including phenoxy) is 1. The molecule has 8 heteroatoms. The van der Waals surface area contributed by atoms with Crippen molar-refractivity contribution in [2.45, 2.75) is 6.54 Å². The normalized spacial score (nSPS) is 10.5. The highest BCUT2D eigenvalue weighted by atomic mass is 35.5. The summed E-state index contributed by atoms with van der Waals surface area (Å²) < 4.78 is 6.50. The second-order valence-electron chi connectivity index (χ2n) is 5.62. The van der Waals surface area contributed by atoms with Gasteiger partial charge in [-0.15, -0.1) is 0 Å². The molecule has 27 heavy (non-hydrogen) atoms. The van der Waals surface area contributed by atoms with E-state index in [1.54, 1.807) is 25.3 Å². The number of halogens is 2. The number of hydrogen-bond acceptors (Lipinski definition) is 4. The molecule has 0 radical (unpaired) electrons. The molecule has 0 fully saturated rings. The lowest BCUT2D eigenvalue weighted by Crippen LogP contribution is -2.27.